The van der Waals surface area contributed by atoms with Crippen LogP contribution in [0.2, 0.25) is 0 Å². The number of rotatable bonds is 3. The second-order valence-corrected chi connectivity index (χ2v) is 6.34. The molecular weight excluding hydrogens is 319 g/mol. The summed E-state index contributed by atoms with van der Waals surface area (Å²) in [4.78, 5) is 2.58. The summed E-state index contributed by atoms with van der Waals surface area (Å²) >= 11 is 0. The molecule has 1 aliphatic heterocycles. The molecule has 5 heteroatoms. The maximum absolute atomic E-state index is 10.4. The van der Waals surface area contributed by atoms with Gasteiger partial charge in [0.05, 0.1) is 0 Å². The topological polar surface area (TPSA) is 35.5 Å². The SMILES string of the molecule is Cc1ccc(O)c([C@@H](C2CCCC2)N2CCNCC2)c1.Cl.Cl. The Bertz CT molecular complexity index is 458. The Balaban J connectivity index is 0.00000121. The van der Waals surface area contributed by atoms with Crippen LogP contribution in [0.1, 0.15) is 42.9 Å². The van der Waals surface area contributed by atoms with E-state index in [9.17, 15) is 5.11 Å². The van der Waals surface area contributed by atoms with Crippen LogP contribution in [0.5, 0.6) is 5.75 Å². The number of benzene rings is 1. The Morgan fingerprint density at radius 2 is 1.77 bits per heavy atom. The van der Waals surface area contributed by atoms with Crippen LogP contribution in [0.15, 0.2) is 18.2 Å². The van der Waals surface area contributed by atoms with Gasteiger partial charge in [-0.1, -0.05) is 30.5 Å². The van der Waals surface area contributed by atoms with Crippen LogP contribution in [-0.2, 0) is 0 Å². The number of phenols is 1. The Kier molecular flexibility index (Phi) is 7.98. The van der Waals surface area contributed by atoms with Gasteiger partial charge in [0, 0.05) is 37.8 Å². The maximum atomic E-state index is 10.4. The van der Waals surface area contributed by atoms with Crippen LogP contribution in [-0.4, -0.2) is 36.2 Å². The largest absolute Gasteiger partial charge is 0.508 e. The zero-order valence-electron chi connectivity index (χ0n) is 13.3. The highest BCUT2D eigenvalue weighted by atomic mass is 35.5. The average molecular weight is 347 g/mol. The van der Waals surface area contributed by atoms with Crippen molar-refractivity contribution in [3.8, 4) is 5.75 Å². The highest BCUT2D eigenvalue weighted by Gasteiger charge is 2.33. The van der Waals surface area contributed by atoms with E-state index in [1.165, 1.54) is 31.2 Å². The molecule has 126 valence electrons. The van der Waals surface area contributed by atoms with Crippen LogP contribution >= 0.6 is 24.8 Å². The van der Waals surface area contributed by atoms with Crippen LogP contribution in [0.3, 0.4) is 0 Å². The molecule has 2 aliphatic rings. The minimum atomic E-state index is 0. The summed E-state index contributed by atoms with van der Waals surface area (Å²) < 4.78 is 0. The Morgan fingerprint density at radius 1 is 1.14 bits per heavy atom. The van der Waals surface area contributed by atoms with Crippen molar-refractivity contribution >= 4 is 24.8 Å². The zero-order valence-corrected chi connectivity index (χ0v) is 14.9. The molecule has 1 heterocycles. The summed E-state index contributed by atoms with van der Waals surface area (Å²) in [6.07, 6.45) is 5.31. The van der Waals surface area contributed by atoms with Gasteiger partial charge in [-0.15, -0.1) is 24.8 Å². The summed E-state index contributed by atoms with van der Waals surface area (Å²) in [6, 6.07) is 6.47. The lowest BCUT2D eigenvalue weighted by Crippen LogP contribution is -2.46. The first-order valence-corrected chi connectivity index (χ1v) is 8.00. The quantitative estimate of drug-likeness (QED) is 0.876. The fourth-order valence-electron chi connectivity index (χ4n) is 3.89. The molecule has 3 rings (SSSR count). The second-order valence-electron chi connectivity index (χ2n) is 6.34. The third kappa shape index (κ3) is 4.29. The number of aryl methyl sites for hydroxylation is 1. The van der Waals surface area contributed by atoms with Gasteiger partial charge in [0.2, 0.25) is 0 Å². The van der Waals surface area contributed by atoms with Gasteiger partial charge in [-0.3, -0.25) is 4.90 Å². The third-order valence-electron chi connectivity index (χ3n) is 4.89. The van der Waals surface area contributed by atoms with Crippen molar-refractivity contribution in [1.82, 2.24) is 10.2 Å². The first-order valence-electron chi connectivity index (χ1n) is 8.00. The summed E-state index contributed by atoms with van der Waals surface area (Å²) in [5.41, 5.74) is 2.40. The lowest BCUT2D eigenvalue weighted by Gasteiger charge is -2.39. The van der Waals surface area contributed by atoms with Gasteiger partial charge in [-0.25, -0.2) is 0 Å². The van der Waals surface area contributed by atoms with Crippen molar-refractivity contribution in [3.05, 3.63) is 29.3 Å². The van der Waals surface area contributed by atoms with E-state index in [0.717, 1.165) is 31.7 Å². The minimum Gasteiger partial charge on any atom is -0.508 e. The molecule has 0 amide bonds. The van der Waals surface area contributed by atoms with Gasteiger partial charge in [0.1, 0.15) is 5.75 Å². The Morgan fingerprint density at radius 3 is 2.41 bits per heavy atom. The predicted octanol–water partition coefficient (Wildman–Crippen LogP) is 3.68. The standard InChI is InChI=1S/C17H26N2O.2ClH/c1-13-6-7-16(20)15(12-13)17(14-4-2-3-5-14)19-10-8-18-9-11-19;;/h6-7,12,14,17-18,20H,2-5,8-11H2,1H3;2*1H/t17-;;/m1../s1. The lowest BCUT2D eigenvalue weighted by molar-refractivity contribution is 0.123. The molecule has 2 fully saturated rings. The predicted molar refractivity (Wildman–Crippen MR) is 96.5 cm³/mol. The van der Waals surface area contributed by atoms with Crippen molar-refractivity contribution in [2.45, 2.75) is 38.6 Å². The van der Waals surface area contributed by atoms with Gasteiger partial charge in [-0.05, 0) is 31.7 Å². The number of nitrogens with one attached hydrogen (secondary N) is 1. The molecule has 1 aromatic rings. The van der Waals surface area contributed by atoms with Crippen LogP contribution in [0.4, 0.5) is 0 Å². The molecule has 0 radical (unpaired) electrons. The number of aromatic hydroxyl groups is 1. The van der Waals surface area contributed by atoms with E-state index in [4.69, 9.17) is 0 Å². The van der Waals surface area contributed by atoms with Crippen LogP contribution < -0.4 is 5.32 Å². The molecule has 1 saturated carbocycles. The summed E-state index contributed by atoms with van der Waals surface area (Å²) in [6.45, 7) is 6.43. The summed E-state index contributed by atoms with van der Waals surface area (Å²) in [7, 11) is 0. The lowest BCUT2D eigenvalue weighted by atomic mass is 9.88. The number of halogens is 2. The van der Waals surface area contributed by atoms with Crippen molar-refractivity contribution in [3.63, 3.8) is 0 Å². The monoisotopic (exact) mass is 346 g/mol. The van der Waals surface area contributed by atoms with Gasteiger partial charge in [0.25, 0.3) is 0 Å². The molecule has 0 bridgehead atoms. The minimum absolute atomic E-state index is 0. The van der Waals surface area contributed by atoms with Gasteiger partial charge in [0.15, 0.2) is 0 Å². The molecule has 1 saturated heterocycles. The Hall–Kier alpha value is -0.480. The molecule has 1 aromatic carbocycles. The third-order valence-corrected chi connectivity index (χ3v) is 4.89. The van der Waals surface area contributed by atoms with Gasteiger partial charge >= 0.3 is 0 Å². The van der Waals surface area contributed by atoms with E-state index in [0.29, 0.717) is 17.7 Å². The number of piperazine rings is 1. The first kappa shape index (κ1) is 19.6. The van der Waals surface area contributed by atoms with E-state index >= 15 is 0 Å². The molecule has 3 nitrogen and oxygen atoms in total. The molecule has 0 unspecified atom stereocenters. The van der Waals surface area contributed by atoms with Crippen molar-refractivity contribution in [2.75, 3.05) is 26.2 Å². The molecule has 1 aliphatic carbocycles. The van der Waals surface area contributed by atoms with E-state index < -0.39 is 0 Å². The summed E-state index contributed by atoms with van der Waals surface area (Å²) in [5.74, 6) is 1.19. The molecular formula is C17H28Cl2N2O. The van der Waals surface area contributed by atoms with Gasteiger partial charge < -0.3 is 10.4 Å². The second kappa shape index (κ2) is 8.97. The fraction of sp³-hybridized carbons (Fsp3) is 0.647. The zero-order chi connectivity index (χ0) is 13.9. The van der Waals surface area contributed by atoms with Crippen LogP contribution in [0.25, 0.3) is 0 Å². The molecule has 0 spiro atoms. The number of phenolic OH excluding ortho intramolecular Hbond substituents is 1. The smallest absolute Gasteiger partial charge is 0.120 e. The number of nitrogens with zero attached hydrogens (tertiary/aromatic N) is 1. The Labute approximate surface area is 146 Å². The van der Waals surface area contributed by atoms with E-state index in [2.05, 4.69) is 23.2 Å². The van der Waals surface area contributed by atoms with E-state index in [-0.39, 0.29) is 24.8 Å². The molecule has 0 aromatic heterocycles. The van der Waals surface area contributed by atoms with Gasteiger partial charge in [-0.2, -0.15) is 0 Å². The average Bonchev–Trinajstić information content (AvgIpc) is 2.98. The molecule has 22 heavy (non-hydrogen) atoms. The maximum Gasteiger partial charge on any atom is 0.120 e. The fourth-order valence-corrected chi connectivity index (χ4v) is 3.89. The van der Waals surface area contributed by atoms with Crippen LogP contribution in [0, 0.1) is 12.8 Å². The molecule has 2 N–H and O–H groups in total. The van der Waals surface area contributed by atoms with E-state index in [1.807, 2.05) is 12.1 Å². The highest BCUT2D eigenvalue weighted by molar-refractivity contribution is 5.85. The molecule has 1 atom stereocenters. The van der Waals surface area contributed by atoms with Crippen molar-refractivity contribution in [2.24, 2.45) is 5.92 Å². The number of hydrogen-bond acceptors (Lipinski definition) is 3. The first-order chi connectivity index (χ1) is 9.75. The summed E-state index contributed by atoms with van der Waals surface area (Å²) in [5, 5.41) is 13.8. The number of hydrogen-bond donors (Lipinski definition) is 2. The van der Waals surface area contributed by atoms with Crippen molar-refractivity contribution < 1.29 is 5.11 Å². The normalized spacial score (nSPS) is 21.0. The highest BCUT2D eigenvalue weighted by Crippen LogP contribution is 2.42. The van der Waals surface area contributed by atoms with E-state index in [1.54, 1.807) is 0 Å². The van der Waals surface area contributed by atoms with Crippen molar-refractivity contribution in [1.29, 1.82) is 0 Å².